The molecule has 0 bridgehead atoms. The molecule has 0 aliphatic carbocycles. The predicted octanol–water partition coefficient (Wildman–Crippen LogP) is -0.430. The van der Waals surface area contributed by atoms with Gasteiger partial charge in [-0.1, -0.05) is 11.6 Å². The van der Waals surface area contributed by atoms with E-state index in [-0.39, 0.29) is 29.7 Å². The van der Waals surface area contributed by atoms with E-state index in [4.69, 9.17) is 11.6 Å². The Balaban J connectivity index is 2.87. The summed E-state index contributed by atoms with van der Waals surface area (Å²) in [6.07, 6.45) is 1.27. The minimum absolute atomic E-state index is 0.0190. The molecular formula is C11H15ClN4O4. The van der Waals surface area contributed by atoms with Gasteiger partial charge in [0.05, 0.1) is 25.5 Å². The number of carbonyl (C=O) groups excluding carboxylic acids is 2. The van der Waals surface area contributed by atoms with Gasteiger partial charge in [0.1, 0.15) is 11.6 Å². The monoisotopic (exact) mass is 302 g/mol. The van der Waals surface area contributed by atoms with Gasteiger partial charge in [-0.3, -0.25) is 14.4 Å². The summed E-state index contributed by atoms with van der Waals surface area (Å²) in [5.74, 6) is -0.793. The fraction of sp³-hybridized carbons (Fsp3) is 0.455. The van der Waals surface area contributed by atoms with Crippen molar-refractivity contribution in [3.8, 4) is 0 Å². The van der Waals surface area contributed by atoms with Gasteiger partial charge in [-0.25, -0.2) is 4.68 Å². The molecule has 1 N–H and O–H groups in total. The van der Waals surface area contributed by atoms with Crippen LogP contribution in [0.3, 0.4) is 0 Å². The Labute approximate surface area is 120 Å². The highest BCUT2D eigenvalue weighted by Gasteiger charge is 2.13. The average Bonchev–Trinajstić information content (AvgIpc) is 2.42. The van der Waals surface area contributed by atoms with Crippen molar-refractivity contribution < 1.29 is 14.3 Å². The maximum atomic E-state index is 11.8. The molecule has 0 spiro atoms. The van der Waals surface area contributed by atoms with Crippen LogP contribution in [0.25, 0.3) is 0 Å². The molecule has 1 heterocycles. The molecule has 0 atom stereocenters. The van der Waals surface area contributed by atoms with Crippen molar-refractivity contribution in [2.45, 2.75) is 6.54 Å². The Bertz CT molecular complexity index is 570. The standard InChI is InChI=1S/C11H15ClN4O4/c1-15(2)8(17)5-13-7-4-14-16(6-9(18)20-3)11(19)10(7)12/h4,13H,5-6H2,1-3H3. The molecule has 0 aliphatic rings. The van der Waals surface area contributed by atoms with Gasteiger partial charge in [-0.15, -0.1) is 0 Å². The molecule has 1 aromatic heterocycles. The Morgan fingerprint density at radius 2 is 2.15 bits per heavy atom. The number of carbonyl (C=O) groups is 2. The van der Waals surface area contributed by atoms with Crippen molar-refractivity contribution in [3.05, 3.63) is 21.6 Å². The van der Waals surface area contributed by atoms with Gasteiger partial charge in [0, 0.05) is 14.1 Å². The second-order valence-corrected chi connectivity index (χ2v) is 4.43. The number of nitrogens with zero attached hydrogens (tertiary/aromatic N) is 3. The molecule has 0 saturated carbocycles. The Morgan fingerprint density at radius 1 is 1.50 bits per heavy atom. The number of ether oxygens (including phenoxy) is 1. The number of nitrogens with one attached hydrogen (secondary N) is 1. The van der Waals surface area contributed by atoms with Crippen molar-refractivity contribution in [2.24, 2.45) is 0 Å². The second kappa shape index (κ2) is 6.90. The zero-order chi connectivity index (χ0) is 15.3. The Hall–Kier alpha value is -2.09. The number of hydrogen-bond donors (Lipinski definition) is 1. The lowest BCUT2D eigenvalue weighted by Gasteiger charge is -2.12. The molecule has 1 amide bonds. The fourth-order valence-electron chi connectivity index (χ4n) is 1.22. The van der Waals surface area contributed by atoms with Crippen LogP contribution in [-0.4, -0.2) is 54.3 Å². The van der Waals surface area contributed by atoms with E-state index in [2.05, 4.69) is 15.2 Å². The maximum absolute atomic E-state index is 11.8. The highest BCUT2D eigenvalue weighted by atomic mass is 35.5. The van der Waals surface area contributed by atoms with E-state index in [0.717, 1.165) is 4.68 Å². The molecule has 110 valence electrons. The first-order valence-electron chi connectivity index (χ1n) is 5.63. The third kappa shape index (κ3) is 3.95. The first-order chi connectivity index (χ1) is 9.36. The van der Waals surface area contributed by atoms with E-state index in [9.17, 15) is 14.4 Å². The van der Waals surface area contributed by atoms with Gasteiger partial charge in [0.25, 0.3) is 5.56 Å². The van der Waals surface area contributed by atoms with Crippen molar-refractivity contribution in [2.75, 3.05) is 33.1 Å². The second-order valence-electron chi connectivity index (χ2n) is 4.05. The van der Waals surface area contributed by atoms with E-state index in [1.807, 2.05) is 0 Å². The summed E-state index contributed by atoms with van der Waals surface area (Å²) in [7, 11) is 4.42. The summed E-state index contributed by atoms with van der Waals surface area (Å²) in [4.78, 5) is 35.7. The molecular weight excluding hydrogens is 288 g/mol. The SMILES string of the molecule is COC(=O)Cn1ncc(NCC(=O)N(C)C)c(Cl)c1=O. The Morgan fingerprint density at radius 3 is 2.70 bits per heavy atom. The minimum Gasteiger partial charge on any atom is -0.468 e. The lowest BCUT2D eigenvalue weighted by Crippen LogP contribution is -2.31. The van der Waals surface area contributed by atoms with Gasteiger partial charge in [-0.2, -0.15) is 5.10 Å². The smallest absolute Gasteiger partial charge is 0.327 e. The largest absolute Gasteiger partial charge is 0.468 e. The van der Waals surface area contributed by atoms with Gasteiger partial charge in [0.15, 0.2) is 0 Å². The highest BCUT2D eigenvalue weighted by Crippen LogP contribution is 2.14. The maximum Gasteiger partial charge on any atom is 0.327 e. The zero-order valence-corrected chi connectivity index (χ0v) is 12.1. The van der Waals surface area contributed by atoms with E-state index < -0.39 is 11.5 Å². The summed E-state index contributed by atoms with van der Waals surface area (Å²) in [5.41, 5.74) is -0.410. The normalized spacial score (nSPS) is 10.0. The van der Waals surface area contributed by atoms with Crippen LogP contribution in [0.15, 0.2) is 11.0 Å². The number of aromatic nitrogens is 2. The number of hydrogen-bond acceptors (Lipinski definition) is 6. The summed E-state index contributed by atoms with van der Waals surface area (Å²) < 4.78 is 5.32. The lowest BCUT2D eigenvalue weighted by atomic mass is 10.4. The molecule has 20 heavy (non-hydrogen) atoms. The van der Waals surface area contributed by atoms with Gasteiger partial charge >= 0.3 is 5.97 Å². The van der Waals surface area contributed by atoms with Crippen LogP contribution in [0, 0.1) is 0 Å². The van der Waals surface area contributed by atoms with Crippen molar-refractivity contribution >= 4 is 29.2 Å². The van der Waals surface area contributed by atoms with Crippen LogP contribution >= 0.6 is 11.6 Å². The number of methoxy groups -OCH3 is 1. The zero-order valence-electron chi connectivity index (χ0n) is 11.3. The lowest BCUT2D eigenvalue weighted by molar-refractivity contribution is -0.141. The summed E-state index contributed by atoms with van der Waals surface area (Å²) in [6.45, 7) is -0.346. The molecule has 0 saturated heterocycles. The number of likely N-dealkylation sites (N-methyl/N-ethyl adjacent to an activating group) is 1. The minimum atomic E-state index is -0.639. The molecule has 0 radical (unpaired) electrons. The predicted molar refractivity (Wildman–Crippen MR) is 72.7 cm³/mol. The van der Waals surface area contributed by atoms with Gasteiger partial charge in [0.2, 0.25) is 5.91 Å². The fourth-order valence-corrected chi connectivity index (χ4v) is 1.43. The number of halogens is 1. The van der Waals surface area contributed by atoms with E-state index in [1.54, 1.807) is 14.1 Å². The average molecular weight is 303 g/mol. The third-order valence-electron chi connectivity index (χ3n) is 2.42. The third-order valence-corrected chi connectivity index (χ3v) is 2.79. The topological polar surface area (TPSA) is 93.5 Å². The van der Waals surface area contributed by atoms with Crippen molar-refractivity contribution in [3.63, 3.8) is 0 Å². The quantitative estimate of drug-likeness (QED) is 0.742. The van der Waals surface area contributed by atoms with Crippen LogP contribution in [-0.2, 0) is 20.9 Å². The molecule has 0 aromatic carbocycles. The van der Waals surface area contributed by atoms with Crippen LogP contribution in [0.5, 0.6) is 0 Å². The highest BCUT2D eigenvalue weighted by molar-refractivity contribution is 6.33. The van der Waals surface area contributed by atoms with Crippen LogP contribution in [0.2, 0.25) is 5.02 Å². The molecule has 0 unspecified atom stereocenters. The van der Waals surface area contributed by atoms with E-state index >= 15 is 0 Å². The summed E-state index contributed by atoms with van der Waals surface area (Å²) >= 11 is 5.88. The first kappa shape index (κ1) is 16.0. The first-order valence-corrected chi connectivity index (χ1v) is 6.01. The van der Waals surface area contributed by atoms with Gasteiger partial charge in [-0.05, 0) is 0 Å². The number of esters is 1. The van der Waals surface area contributed by atoms with Crippen molar-refractivity contribution in [1.29, 1.82) is 0 Å². The number of anilines is 1. The van der Waals surface area contributed by atoms with Crippen LogP contribution in [0.1, 0.15) is 0 Å². The summed E-state index contributed by atoms with van der Waals surface area (Å²) in [6, 6.07) is 0. The number of amides is 1. The molecule has 9 heteroatoms. The molecule has 8 nitrogen and oxygen atoms in total. The van der Waals surface area contributed by atoms with E-state index in [0.29, 0.717) is 0 Å². The molecule has 0 fully saturated rings. The van der Waals surface area contributed by atoms with E-state index in [1.165, 1.54) is 18.2 Å². The van der Waals surface area contributed by atoms with Crippen LogP contribution < -0.4 is 10.9 Å². The Kier molecular flexibility index (Phi) is 5.51. The number of rotatable bonds is 5. The van der Waals surface area contributed by atoms with Gasteiger partial charge < -0.3 is 15.0 Å². The van der Waals surface area contributed by atoms with Crippen LogP contribution in [0.4, 0.5) is 5.69 Å². The molecule has 1 rings (SSSR count). The van der Waals surface area contributed by atoms with Crippen molar-refractivity contribution in [1.82, 2.24) is 14.7 Å². The summed E-state index contributed by atoms with van der Waals surface area (Å²) in [5, 5.41) is 6.35. The molecule has 1 aromatic rings. The molecule has 0 aliphatic heterocycles.